The molecule has 17 heavy (non-hydrogen) atoms. The van der Waals surface area contributed by atoms with E-state index in [-0.39, 0.29) is 12.5 Å². The highest BCUT2D eigenvalue weighted by molar-refractivity contribution is 14.1. The molecule has 0 aromatic heterocycles. The van der Waals surface area contributed by atoms with E-state index in [2.05, 4.69) is 73.1 Å². The number of aliphatic hydroxyl groups excluding tert-OH is 1. The fourth-order valence-electron chi connectivity index (χ4n) is 1.26. The monoisotopic (exact) mass is 571 g/mol. The third-order valence-electron chi connectivity index (χ3n) is 2.11. The molecule has 0 aliphatic rings. The number of nitrogens with one attached hydrogen (secondary N) is 1. The van der Waals surface area contributed by atoms with Gasteiger partial charge in [-0.05, 0) is 92.7 Å². The molecular weight excluding hydrogens is 559 g/mol. The third-order valence-corrected chi connectivity index (χ3v) is 5.78. The summed E-state index contributed by atoms with van der Waals surface area (Å²) in [5, 5.41) is 11.5. The Bertz CT molecular complexity index is 410. The van der Waals surface area contributed by atoms with E-state index in [1.165, 1.54) is 0 Å². The van der Waals surface area contributed by atoms with Crippen LogP contribution in [0.2, 0.25) is 0 Å². The van der Waals surface area contributed by atoms with E-state index in [9.17, 15) is 4.79 Å². The zero-order chi connectivity index (χ0) is 12.8. The van der Waals surface area contributed by atoms with E-state index in [0.717, 1.165) is 29.1 Å². The molecule has 1 aromatic rings. The van der Waals surface area contributed by atoms with Gasteiger partial charge in [-0.25, -0.2) is 0 Å². The maximum atomic E-state index is 11.9. The number of aliphatic hydroxyl groups is 1. The highest BCUT2D eigenvalue weighted by Crippen LogP contribution is 2.22. The number of amides is 1. The van der Waals surface area contributed by atoms with Gasteiger partial charge in [-0.1, -0.05) is 0 Å². The molecule has 0 spiro atoms. The number of hydrogen-bond donors (Lipinski definition) is 2. The molecular formula is C11H12I3NO2. The summed E-state index contributed by atoms with van der Waals surface area (Å²) in [6.07, 6.45) is 1.53. The zero-order valence-electron chi connectivity index (χ0n) is 8.97. The molecule has 0 fully saturated rings. The lowest BCUT2D eigenvalue weighted by Crippen LogP contribution is -2.25. The van der Waals surface area contributed by atoms with Gasteiger partial charge in [-0.3, -0.25) is 4.79 Å². The lowest BCUT2D eigenvalue weighted by Gasteiger charge is -2.08. The molecule has 0 aliphatic heterocycles. The normalized spacial score (nSPS) is 10.4. The first-order valence-corrected chi connectivity index (χ1v) is 8.33. The number of carbonyl (C=O) groups is 1. The van der Waals surface area contributed by atoms with E-state index in [1.54, 1.807) is 0 Å². The van der Waals surface area contributed by atoms with E-state index < -0.39 is 0 Å². The summed E-state index contributed by atoms with van der Waals surface area (Å²) in [5.74, 6) is -0.0382. The highest BCUT2D eigenvalue weighted by atomic mass is 127. The summed E-state index contributed by atoms with van der Waals surface area (Å²) < 4.78 is 3.15. The molecule has 3 nitrogen and oxygen atoms in total. The molecule has 0 bridgehead atoms. The first-order valence-electron chi connectivity index (χ1n) is 5.10. The Balaban J connectivity index is 2.69. The van der Waals surface area contributed by atoms with Gasteiger partial charge in [-0.15, -0.1) is 0 Å². The largest absolute Gasteiger partial charge is 0.396 e. The smallest absolute Gasteiger partial charge is 0.252 e. The molecule has 0 saturated heterocycles. The van der Waals surface area contributed by atoms with Crippen molar-refractivity contribution in [2.45, 2.75) is 12.8 Å². The SMILES string of the molecule is O=C(NCCCCO)c1cc(I)cc(I)c1I. The second-order valence-corrected chi connectivity index (χ2v) is 6.92. The van der Waals surface area contributed by atoms with Gasteiger partial charge < -0.3 is 10.4 Å². The number of unbranched alkanes of at least 4 members (excludes halogenated alkanes) is 1. The van der Waals surface area contributed by atoms with Crippen molar-refractivity contribution >= 4 is 73.7 Å². The summed E-state index contributed by atoms with van der Waals surface area (Å²) in [6.45, 7) is 0.784. The van der Waals surface area contributed by atoms with Gasteiger partial charge in [0, 0.05) is 23.9 Å². The first-order chi connectivity index (χ1) is 8.06. The molecule has 0 atom stereocenters. The molecule has 0 saturated carbocycles. The van der Waals surface area contributed by atoms with E-state index >= 15 is 0 Å². The number of rotatable bonds is 5. The summed E-state index contributed by atoms with van der Waals surface area (Å²) >= 11 is 6.64. The van der Waals surface area contributed by atoms with Crippen LogP contribution in [0.3, 0.4) is 0 Å². The fraction of sp³-hybridized carbons (Fsp3) is 0.364. The molecule has 0 heterocycles. The Morgan fingerprint density at radius 2 is 1.94 bits per heavy atom. The van der Waals surface area contributed by atoms with Gasteiger partial charge >= 0.3 is 0 Å². The highest BCUT2D eigenvalue weighted by Gasteiger charge is 2.12. The van der Waals surface area contributed by atoms with Crippen molar-refractivity contribution in [1.82, 2.24) is 5.32 Å². The van der Waals surface area contributed by atoms with Crippen molar-refractivity contribution in [2.24, 2.45) is 0 Å². The van der Waals surface area contributed by atoms with Gasteiger partial charge in [0.25, 0.3) is 5.91 Å². The van der Waals surface area contributed by atoms with Crippen molar-refractivity contribution in [2.75, 3.05) is 13.2 Å². The number of halogens is 3. The second-order valence-electron chi connectivity index (χ2n) is 3.44. The lowest BCUT2D eigenvalue weighted by molar-refractivity contribution is 0.0951. The van der Waals surface area contributed by atoms with Crippen LogP contribution < -0.4 is 5.32 Å². The Kier molecular flexibility index (Phi) is 7.57. The molecule has 0 unspecified atom stereocenters. The van der Waals surface area contributed by atoms with E-state index in [4.69, 9.17) is 5.11 Å². The maximum Gasteiger partial charge on any atom is 0.252 e. The lowest BCUT2D eigenvalue weighted by atomic mass is 10.2. The third kappa shape index (κ3) is 5.15. The molecule has 2 N–H and O–H groups in total. The minimum atomic E-state index is -0.0382. The van der Waals surface area contributed by atoms with Crippen molar-refractivity contribution < 1.29 is 9.90 Å². The van der Waals surface area contributed by atoms with Crippen molar-refractivity contribution in [3.8, 4) is 0 Å². The molecule has 0 radical (unpaired) electrons. The minimum Gasteiger partial charge on any atom is -0.396 e. The standard InChI is InChI=1S/C11H12I3NO2/c12-7-5-8(10(14)9(13)6-7)11(17)15-3-1-2-4-16/h5-6,16H,1-4H2,(H,15,17). The summed E-state index contributed by atoms with van der Waals surface area (Å²) in [5.41, 5.74) is 0.728. The summed E-state index contributed by atoms with van der Waals surface area (Å²) in [7, 11) is 0. The molecule has 0 aliphatic carbocycles. The molecule has 1 rings (SSSR count). The summed E-state index contributed by atoms with van der Waals surface area (Å²) in [6, 6.07) is 3.94. The topological polar surface area (TPSA) is 49.3 Å². The van der Waals surface area contributed by atoms with Gasteiger partial charge in [0.1, 0.15) is 0 Å². The van der Waals surface area contributed by atoms with Gasteiger partial charge in [0.05, 0.1) is 5.56 Å². The number of carbonyl (C=O) groups excluding carboxylic acids is 1. The predicted molar refractivity (Wildman–Crippen MR) is 93.2 cm³/mol. The van der Waals surface area contributed by atoms with Gasteiger partial charge in [0.15, 0.2) is 0 Å². The van der Waals surface area contributed by atoms with Crippen LogP contribution in [0.1, 0.15) is 23.2 Å². The van der Waals surface area contributed by atoms with Crippen LogP contribution in [0.5, 0.6) is 0 Å². The van der Waals surface area contributed by atoms with E-state index in [1.807, 2.05) is 12.1 Å². The fourth-order valence-corrected chi connectivity index (χ4v) is 3.66. The molecule has 94 valence electrons. The second kappa shape index (κ2) is 8.10. The Morgan fingerprint density at radius 3 is 2.59 bits per heavy atom. The number of benzene rings is 1. The van der Waals surface area contributed by atoms with Crippen LogP contribution >= 0.6 is 67.8 Å². The average Bonchev–Trinajstić information content (AvgIpc) is 2.29. The van der Waals surface area contributed by atoms with Crippen LogP contribution in [-0.2, 0) is 0 Å². The first kappa shape index (κ1) is 15.9. The van der Waals surface area contributed by atoms with Crippen LogP contribution in [0, 0.1) is 10.7 Å². The van der Waals surface area contributed by atoms with Crippen molar-refractivity contribution in [3.05, 3.63) is 28.4 Å². The van der Waals surface area contributed by atoms with Crippen LogP contribution in [0.15, 0.2) is 12.1 Å². The van der Waals surface area contributed by atoms with Gasteiger partial charge in [0.2, 0.25) is 0 Å². The van der Waals surface area contributed by atoms with Crippen molar-refractivity contribution in [3.63, 3.8) is 0 Å². The predicted octanol–water partition coefficient (Wildman–Crippen LogP) is 3.00. The number of hydrogen-bond acceptors (Lipinski definition) is 2. The van der Waals surface area contributed by atoms with Gasteiger partial charge in [-0.2, -0.15) is 0 Å². The maximum absolute atomic E-state index is 11.9. The van der Waals surface area contributed by atoms with Crippen LogP contribution in [0.4, 0.5) is 0 Å². The molecule has 1 aromatic carbocycles. The Labute approximate surface area is 142 Å². The molecule has 6 heteroatoms. The van der Waals surface area contributed by atoms with Crippen LogP contribution in [0.25, 0.3) is 0 Å². The molecule has 1 amide bonds. The quantitative estimate of drug-likeness (QED) is 0.325. The minimum absolute atomic E-state index is 0.0382. The Hall–Kier alpha value is 0.840. The zero-order valence-corrected chi connectivity index (χ0v) is 15.4. The average molecular weight is 571 g/mol. The van der Waals surface area contributed by atoms with Crippen molar-refractivity contribution in [1.29, 1.82) is 0 Å². The Morgan fingerprint density at radius 1 is 1.24 bits per heavy atom. The van der Waals surface area contributed by atoms with E-state index in [0.29, 0.717) is 6.54 Å². The summed E-state index contributed by atoms with van der Waals surface area (Å²) in [4.78, 5) is 11.9. The van der Waals surface area contributed by atoms with Crippen LogP contribution in [-0.4, -0.2) is 24.2 Å².